The van der Waals surface area contributed by atoms with E-state index in [1.54, 1.807) is 0 Å². The molecule has 0 unspecified atom stereocenters. The molecule has 0 fully saturated rings. The molecule has 0 spiro atoms. The molecular weight excluding hydrogens is 264 g/mol. The first-order chi connectivity index (χ1) is 10.2. The summed E-state index contributed by atoms with van der Waals surface area (Å²) in [6.45, 7) is 2.54. The summed E-state index contributed by atoms with van der Waals surface area (Å²) in [7, 11) is 0. The Morgan fingerprint density at radius 3 is 2.86 bits per heavy atom. The highest BCUT2D eigenvalue weighted by molar-refractivity contribution is 5.77. The first-order valence-corrected chi connectivity index (χ1v) is 6.77. The Kier molecular flexibility index (Phi) is 2.47. The minimum absolute atomic E-state index is 0.556. The number of nitrogen functional groups attached to an aromatic ring is 1. The average Bonchev–Trinajstić information content (AvgIpc) is 3.00. The van der Waals surface area contributed by atoms with Crippen LogP contribution in [0.1, 0.15) is 11.7 Å². The highest BCUT2D eigenvalue weighted by Crippen LogP contribution is 2.21. The van der Waals surface area contributed by atoms with Gasteiger partial charge in [-0.05, 0) is 37.3 Å². The van der Waals surface area contributed by atoms with E-state index in [4.69, 9.17) is 10.2 Å². The highest BCUT2D eigenvalue weighted by Gasteiger charge is 2.11. The number of aryl methyl sites for hydroxylation is 1. The first-order valence-electron chi connectivity index (χ1n) is 6.77. The fraction of sp³-hybridized carbons (Fsp3) is 0.125. The van der Waals surface area contributed by atoms with Crippen molar-refractivity contribution >= 4 is 27.8 Å². The van der Waals surface area contributed by atoms with Crippen molar-refractivity contribution in [3.63, 3.8) is 0 Å². The summed E-state index contributed by atoms with van der Waals surface area (Å²) in [5.41, 5.74) is 10.1. The summed E-state index contributed by atoms with van der Waals surface area (Å²) < 4.78 is 7.89. The second kappa shape index (κ2) is 4.34. The molecule has 0 aliphatic heterocycles. The molecule has 0 amide bonds. The van der Waals surface area contributed by atoms with Gasteiger partial charge in [-0.3, -0.25) is 0 Å². The number of para-hydroxylation sites is 2. The Bertz CT molecular complexity index is 951. The van der Waals surface area contributed by atoms with Crippen molar-refractivity contribution < 1.29 is 4.42 Å². The summed E-state index contributed by atoms with van der Waals surface area (Å²) in [6, 6.07) is 13.5. The van der Waals surface area contributed by atoms with Crippen LogP contribution in [0.2, 0.25) is 0 Å². The van der Waals surface area contributed by atoms with Crippen molar-refractivity contribution in [1.82, 2.24) is 14.5 Å². The van der Waals surface area contributed by atoms with Gasteiger partial charge in [0.05, 0.1) is 11.0 Å². The normalized spacial score (nSPS) is 11.5. The molecule has 0 saturated heterocycles. The molecule has 0 saturated carbocycles. The third-order valence-electron chi connectivity index (χ3n) is 3.59. The van der Waals surface area contributed by atoms with Gasteiger partial charge in [0.2, 0.25) is 5.89 Å². The lowest BCUT2D eigenvalue weighted by molar-refractivity contribution is 0.509. The van der Waals surface area contributed by atoms with Crippen molar-refractivity contribution in [3.05, 3.63) is 54.2 Å². The zero-order valence-corrected chi connectivity index (χ0v) is 11.6. The van der Waals surface area contributed by atoms with E-state index in [2.05, 4.69) is 20.6 Å². The number of benzene rings is 2. The Hall–Kier alpha value is -2.82. The standard InChI is InChI=1S/C16H14N4O/c1-10-18-12-4-2-3-5-14(12)20(10)9-16-19-13-8-11(17)6-7-15(13)21-16/h2-8H,9,17H2,1H3. The molecule has 2 heterocycles. The van der Waals surface area contributed by atoms with Crippen LogP contribution in [0.25, 0.3) is 22.1 Å². The Labute approximate surface area is 121 Å². The van der Waals surface area contributed by atoms with Crippen molar-refractivity contribution in [3.8, 4) is 0 Å². The fourth-order valence-corrected chi connectivity index (χ4v) is 2.59. The van der Waals surface area contributed by atoms with E-state index in [0.717, 1.165) is 28.0 Å². The molecule has 2 N–H and O–H groups in total. The predicted molar refractivity (Wildman–Crippen MR) is 82.0 cm³/mol. The zero-order valence-electron chi connectivity index (χ0n) is 11.6. The number of imidazole rings is 1. The second-order valence-electron chi connectivity index (χ2n) is 5.07. The summed E-state index contributed by atoms with van der Waals surface area (Å²) in [5.74, 6) is 1.60. The first kappa shape index (κ1) is 12.0. The minimum atomic E-state index is 0.556. The Morgan fingerprint density at radius 1 is 1.10 bits per heavy atom. The molecule has 4 aromatic rings. The number of oxazole rings is 1. The lowest BCUT2D eigenvalue weighted by Gasteiger charge is -2.02. The number of aromatic nitrogens is 3. The maximum absolute atomic E-state index is 5.78. The molecule has 0 radical (unpaired) electrons. The van der Waals surface area contributed by atoms with Gasteiger partial charge in [-0.2, -0.15) is 0 Å². The van der Waals surface area contributed by atoms with Crippen LogP contribution in [0.15, 0.2) is 46.9 Å². The number of nitrogens with zero attached hydrogens (tertiary/aromatic N) is 3. The third kappa shape index (κ3) is 1.94. The Balaban J connectivity index is 1.80. The van der Waals surface area contributed by atoms with Gasteiger partial charge in [0.1, 0.15) is 17.9 Å². The molecule has 0 aliphatic rings. The van der Waals surface area contributed by atoms with Gasteiger partial charge in [0, 0.05) is 5.69 Å². The quantitative estimate of drug-likeness (QED) is 0.572. The third-order valence-corrected chi connectivity index (χ3v) is 3.59. The summed E-state index contributed by atoms with van der Waals surface area (Å²) in [4.78, 5) is 9.05. The Morgan fingerprint density at radius 2 is 1.95 bits per heavy atom. The number of rotatable bonds is 2. The van der Waals surface area contributed by atoms with Crippen molar-refractivity contribution in [2.45, 2.75) is 13.5 Å². The van der Waals surface area contributed by atoms with Crippen LogP contribution in [0, 0.1) is 6.92 Å². The molecule has 2 aromatic carbocycles. The molecule has 104 valence electrons. The number of nitrogens with two attached hydrogens (primary N) is 1. The maximum Gasteiger partial charge on any atom is 0.215 e. The van der Waals surface area contributed by atoms with E-state index in [-0.39, 0.29) is 0 Å². The van der Waals surface area contributed by atoms with Crippen LogP contribution in [0.3, 0.4) is 0 Å². The molecule has 4 rings (SSSR count). The molecule has 0 bridgehead atoms. The lowest BCUT2D eigenvalue weighted by Crippen LogP contribution is -2.02. The van der Waals surface area contributed by atoms with Gasteiger partial charge >= 0.3 is 0 Å². The van der Waals surface area contributed by atoms with Crippen LogP contribution >= 0.6 is 0 Å². The van der Waals surface area contributed by atoms with Crippen LogP contribution in [0.4, 0.5) is 5.69 Å². The minimum Gasteiger partial charge on any atom is -0.439 e. The number of hydrogen-bond acceptors (Lipinski definition) is 4. The molecule has 21 heavy (non-hydrogen) atoms. The largest absolute Gasteiger partial charge is 0.439 e. The number of hydrogen-bond donors (Lipinski definition) is 1. The molecular formula is C16H14N4O. The molecule has 5 heteroatoms. The lowest BCUT2D eigenvalue weighted by atomic mass is 10.3. The van der Waals surface area contributed by atoms with E-state index in [1.165, 1.54) is 0 Å². The highest BCUT2D eigenvalue weighted by atomic mass is 16.3. The smallest absolute Gasteiger partial charge is 0.215 e. The molecule has 2 aromatic heterocycles. The number of anilines is 1. The van der Waals surface area contributed by atoms with E-state index in [0.29, 0.717) is 18.1 Å². The van der Waals surface area contributed by atoms with Crippen LogP contribution in [-0.2, 0) is 6.54 Å². The second-order valence-corrected chi connectivity index (χ2v) is 5.07. The average molecular weight is 278 g/mol. The van der Waals surface area contributed by atoms with E-state index in [9.17, 15) is 0 Å². The van der Waals surface area contributed by atoms with Crippen LogP contribution < -0.4 is 5.73 Å². The molecule has 0 atom stereocenters. The monoisotopic (exact) mass is 278 g/mol. The summed E-state index contributed by atoms with van der Waals surface area (Å²) in [6.07, 6.45) is 0. The van der Waals surface area contributed by atoms with Gasteiger partial charge in [0.25, 0.3) is 0 Å². The summed E-state index contributed by atoms with van der Waals surface area (Å²) >= 11 is 0. The molecule has 5 nitrogen and oxygen atoms in total. The van der Waals surface area contributed by atoms with Gasteiger partial charge in [-0.25, -0.2) is 9.97 Å². The topological polar surface area (TPSA) is 69.9 Å². The molecule has 0 aliphatic carbocycles. The van der Waals surface area contributed by atoms with E-state index >= 15 is 0 Å². The van der Waals surface area contributed by atoms with Crippen molar-refractivity contribution in [1.29, 1.82) is 0 Å². The van der Waals surface area contributed by atoms with Crippen molar-refractivity contribution in [2.24, 2.45) is 0 Å². The van der Waals surface area contributed by atoms with E-state index < -0.39 is 0 Å². The van der Waals surface area contributed by atoms with Gasteiger partial charge in [-0.1, -0.05) is 12.1 Å². The fourth-order valence-electron chi connectivity index (χ4n) is 2.59. The van der Waals surface area contributed by atoms with E-state index in [1.807, 2.05) is 43.3 Å². The van der Waals surface area contributed by atoms with Crippen LogP contribution in [0.5, 0.6) is 0 Å². The van der Waals surface area contributed by atoms with Gasteiger partial charge < -0.3 is 14.7 Å². The zero-order chi connectivity index (χ0) is 14.4. The van der Waals surface area contributed by atoms with Gasteiger partial charge in [-0.15, -0.1) is 0 Å². The summed E-state index contributed by atoms with van der Waals surface area (Å²) in [5, 5.41) is 0. The number of fused-ring (bicyclic) bond motifs is 2. The predicted octanol–water partition coefficient (Wildman–Crippen LogP) is 3.12. The van der Waals surface area contributed by atoms with Gasteiger partial charge in [0.15, 0.2) is 5.58 Å². The van der Waals surface area contributed by atoms with Crippen molar-refractivity contribution in [2.75, 3.05) is 5.73 Å². The SMILES string of the molecule is Cc1nc2ccccc2n1Cc1nc2cc(N)ccc2o1. The maximum atomic E-state index is 5.78. The van der Waals surface area contributed by atoms with Crippen LogP contribution in [-0.4, -0.2) is 14.5 Å².